The zero-order chi connectivity index (χ0) is 18.0. The topological polar surface area (TPSA) is 64.7 Å². The zero-order valence-corrected chi connectivity index (χ0v) is 13.5. The Morgan fingerprint density at radius 2 is 1.68 bits per heavy atom. The molecule has 0 aliphatic heterocycles. The summed E-state index contributed by atoms with van der Waals surface area (Å²) in [6.45, 7) is -0.495. The van der Waals surface area contributed by atoms with Crippen LogP contribution in [-0.4, -0.2) is 24.5 Å². The monoisotopic (exact) mass is 347 g/mol. The summed E-state index contributed by atoms with van der Waals surface area (Å²) in [4.78, 5) is 0. The van der Waals surface area contributed by atoms with Crippen molar-refractivity contribution in [3.63, 3.8) is 0 Å². The van der Waals surface area contributed by atoms with Gasteiger partial charge in [0.05, 0.1) is 37.5 Å². The van der Waals surface area contributed by atoms with Gasteiger partial charge in [-0.2, -0.15) is 0 Å². The molecular formula is C18H15F2NO4. The van der Waals surface area contributed by atoms with Gasteiger partial charge in [-0.25, -0.2) is 8.78 Å². The minimum atomic E-state index is -1.08. The molecule has 7 heteroatoms. The minimum absolute atomic E-state index is 0.0533. The normalized spacial score (nSPS) is 10.8. The van der Waals surface area contributed by atoms with Crippen molar-refractivity contribution in [2.45, 2.75) is 6.61 Å². The average molecular weight is 347 g/mol. The number of aliphatic hydroxyl groups is 1. The number of rotatable bonds is 5. The summed E-state index contributed by atoms with van der Waals surface area (Å²) in [7, 11) is 2.95. The van der Waals surface area contributed by atoms with Crippen LogP contribution in [0.5, 0.6) is 11.5 Å². The lowest BCUT2D eigenvalue weighted by Gasteiger charge is -2.11. The lowest BCUT2D eigenvalue weighted by molar-refractivity contribution is 0.281. The Balaban J connectivity index is 2.25. The van der Waals surface area contributed by atoms with E-state index in [1.165, 1.54) is 26.4 Å². The molecule has 0 aliphatic carbocycles. The van der Waals surface area contributed by atoms with Gasteiger partial charge in [0.15, 0.2) is 17.4 Å². The fourth-order valence-corrected chi connectivity index (χ4v) is 2.63. The van der Waals surface area contributed by atoms with E-state index in [0.29, 0.717) is 17.1 Å². The second kappa shape index (κ2) is 6.90. The number of aromatic nitrogens is 1. The van der Waals surface area contributed by atoms with Crippen LogP contribution in [0.4, 0.5) is 8.78 Å². The molecule has 0 aliphatic rings. The van der Waals surface area contributed by atoms with Gasteiger partial charge in [-0.1, -0.05) is 17.3 Å². The van der Waals surface area contributed by atoms with E-state index in [2.05, 4.69) is 5.16 Å². The molecule has 0 fully saturated rings. The molecule has 25 heavy (non-hydrogen) atoms. The van der Waals surface area contributed by atoms with Gasteiger partial charge < -0.3 is 19.1 Å². The van der Waals surface area contributed by atoms with Crippen LogP contribution in [0.3, 0.4) is 0 Å². The number of hydrogen-bond acceptors (Lipinski definition) is 5. The molecule has 0 amide bonds. The van der Waals surface area contributed by atoms with E-state index in [4.69, 9.17) is 14.0 Å². The smallest absolute Gasteiger partial charge is 0.176 e. The van der Waals surface area contributed by atoms with Crippen LogP contribution in [-0.2, 0) is 6.61 Å². The SMILES string of the molecule is COc1cccc(OC)c1-c1noc(-c2cccc(F)c2F)c1CO. The van der Waals surface area contributed by atoms with Crippen molar-refractivity contribution in [3.05, 3.63) is 53.6 Å². The van der Waals surface area contributed by atoms with Gasteiger partial charge in [0.1, 0.15) is 17.2 Å². The van der Waals surface area contributed by atoms with Crippen molar-refractivity contribution in [1.29, 1.82) is 0 Å². The van der Waals surface area contributed by atoms with Gasteiger partial charge in [-0.05, 0) is 24.3 Å². The van der Waals surface area contributed by atoms with Crippen molar-refractivity contribution in [2.75, 3.05) is 14.2 Å². The maximum Gasteiger partial charge on any atom is 0.176 e. The molecule has 1 N–H and O–H groups in total. The van der Waals surface area contributed by atoms with Crippen LogP contribution in [0.1, 0.15) is 5.56 Å². The first kappa shape index (κ1) is 16.9. The van der Waals surface area contributed by atoms with Crippen LogP contribution >= 0.6 is 0 Å². The first-order valence-corrected chi connectivity index (χ1v) is 7.37. The van der Waals surface area contributed by atoms with Crippen LogP contribution in [0, 0.1) is 11.6 Å². The number of ether oxygens (including phenoxy) is 2. The molecule has 0 spiro atoms. The summed E-state index contributed by atoms with van der Waals surface area (Å²) < 4.78 is 43.5. The van der Waals surface area contributed by atoms with Crippen molar-refractivity contribution >= 4 is 0 Å². The lowest BCUT2D eigenvalue weighted by Crippen LogP contribution is -1.97. The molecule has 1 heterocycles. The number of halogens is 2. The van der Waals surface area contributed by atoms with E-state index in [1.807, 2.05) is 0 Å². The number of benzene rings is 2. The Kier molecular flexibility index (Phi) is 4.67. The highest BCUT2D eigenvalue weighted by atomic mass is 19.2. The molecule has 3 rings (SSSR count). The van der Waals surface area contributed by atoms with E-state index in [1.54, 1.807) is 18.2 Å². The highest BCUT2D eigenvalue weighted by Gasteiger charge is 2.26. The Hall–Kier alpha value is -2.93. The molecule has 0 atom stereocenters. The second-order valence-corrected chi connectivity index (χ2v) is 5.14. The molecule has 1 aromatic heterocycles. The van der Waals surface area contributed by atoms with Gasteiger partial charge in [-0.15, -0.1) is 0 Å². The van der Waals surface area contributed by atoms with Crippen molar-refractivity contribution in [2.24, 2.45) is 0 Å². The number of nitrogens with zero attached hydrogens (tertiary/aromatic N) is 1. The highest BCUT2D eigenvalue weighted by Crippen LogP contribution is 2.42. The summed E-state index contributed by atoms with van der Waals surface area (Å²) in [5.41, 5.74) is 0.753. The van der Waals surface area contributed by atoms with Crippen LogP contribution in [0.15, 0.2) is 40.9 Å². The van der Waals surface area contributed by atoms with Gasteiger partial charge >= 0.3 is 0 Å². The maximum atomic E-state index is 14.1. The molecule has 0 bridgehead atoms. The molecule has 0 saturated carbocycles. The summed E-state index contributed by atoms with van der Waals surface area (Å²) in [6.07, 6.45) is 0. The number of aliphatic hydroxyl groups excluding tert-OH is 1. The highest BCUT2D eigenvalue weighted by molar-refractivity contribution is 5.80. The number of methoxy groups -OCH3 is 2. The molecule has 130 valence electrons. The van der Waals surface area contributed by atoms with Crippen LogP contribution < -0.4 is 9.47 Å². The Morgan fingerprint density at radius 3 is 2.28 bits per heavy atom. The molecule has 0 saturated heterocycles. The third-order valence-electron chi connectivity index (χ3n) is 3.81. The van der Waals surface area contributed by atoms with E-state index >= 15 is 0 Å². The van der Waals surface area contributed by atoms with Crippen molar-refractivity contribution in [3.8, 4) is 34.1 Å². The van der Waals surface area contributed by atoms with Crippen molar-refractivity contribution < 1.29 is 27.9 Å². The quantitative estimate of drug-likeness (QED) is 0.761. The summed E-state index contributed by atoms with van der Waals surface area (Å²) >= 11 is 0. The third-order valence-corrected chi connectivity index (χ3v) is 3.81. The molecule has 5 nitrogen and oxygen atoms in total. The maximum absolute atomic E-state index is 14.1. The summed E-state index contributed by atoms with van der Waals surface area (Å²) in [5.74, 6) is -1.27. The average Bonchev–Trinajstić information content (AvgIpc) is 3.06. The van der Waals surface area contributed by atoms with E-state index < -0.39 is 18.2 Å². The Morgan fingerprint density at radius 1 is 1.04 bits per heavy atom. The van der Waals surface area contributed by atoms with Gasteiger partial charge in [0.25, 0.3) is 0 Å². The molecule has 3 aromatic rings. The predicted octanol–water partition coefficient (Wildman–Crippen LogP) is 3.80. The first-order chi connectivity index (χ1) is 12.1. The predicted molar refractivity (Wildman–Crippen MR) is 86.3 cm³/mol. The molecular weight excluding hydrogens is 332 g/mol. The van der Waals surface area contributed by atoms with Crippen LogP contribution in [0.2, 0.25) is 0 Å². The molecule has 2 aromatic carbocycles. The van der Waals surface area contributed by atoms with E-state index in [-0.39, 0.29) is 22.6 Å². The second-order valence-electron chi connectivity index (χ2n) is 5.14. The Labute approximate surface area is 142 Å². The van der Waals surface area contributed by atoms with Crippen LogP contribution in [0.25, 0.3) is 22.6 Å². The van der Waals surface area contributed by atoms with Crippen molar-refractivity contribution in [1.82, 2.24) is 5.16 Å². The molecule has 0 radical (unpaired) electrons. The zero-order valence-electron chi connectivity index (χ0n) is 13.5. The minimum Gasteiger partial charge on any atom is -0.496 e. The largest absolute Gasteiger partial charge is 0.496 e. The van der Waals surface area contributed by atoms with E-state index in [0.717, 1.165) is 6.07 Å². The van der Waals surface area contributed by atoms with Gasteiger partial charge in [0.2, 0.25) is 0 Å². The number of hydrogen-bond donors (Lipinski definition) is 1. The Bertz CT molecular complexity index is 886. The summed E-state index contributed by atoms with van der Waals surface area (Å²) in [5, 5.41) is 13.7. The molecule has 0 unspecified atom stereocenters. The van der Waals surface area contributed by atoms with Gasteiger partial charge in [0, 0.05) is 0 Å². The fourth-order valence-electron chi connectivity index (χ4n) is 2.63. The standard InChI is InChI=1S/C18H15F2NO4/c1-23-13-7-4-8-14(24-2)15(13)17-11(9-22)18(25-21-17)10-5-3-6-12(19)16(10)20/h3-8,22H,9H2,1-2H3. The summed E-state index contributed by atoms with van der Waals surface area (Å²) in [6, 6.07) is 8.80. The first-order valence-electron chi connectivity index (χ1n) is 7.37. The van der Waals surface area contributed by atoms with Gasteiger partial charge in [-0.3, -0.25) is 0 Å². The third kappa shape index (κ3) is 2.83. The van der Waals surface area contributed by atoms with E-state index in [9.17, 15) is 13.9 Å². The lowest BCUT2D eigenvalue weighted by atomic mass is 10.0. The fraction of sp³-hybridized carbons (Fsp3) is 0.167.